The van der Waals surface area contributed by atoms with Crippen LogP contribution in [0.15, 0.2) is 30.3 Å². The molecular weight excluding hydrogens is 296 g/mol. The first-order chi connectivity index (χ1) is 11.6. The highest BCUT2D eigenvalue weighted by Gasteiger charge is 2.57. The Morgan fingerprint density at radius 3 is 2.54 bits per heavy atom. The average Bonchev–Trinajstić information content (AvgIpc) is 3.06. The molecule has 0 bridgehead atoms. The van der Waals surface area contributed by atoms with Crippen molar-refractivity contribution in [3.8, 4) is 0 Å². The summed E-state index contributed by atoms with van der Waals surface area (Å²) in [4.78, 5) is 17.5. The van der Waals surface area contributed by atoms with Gasteiger partial charge in [-0.15, -0.1) is 0 Å². The van der Waals surface area contributed by atoms with Crippen LogP contribution in [-0.2, 0) is 11.3 Å². The molecule has 1 amide bonds. The van der Waals surface area contributed by atoms with Gasteiger partial charge in [-0.2, -0.15) is 0 Å². The van der Waals surface area contributed by atoms with Gasteiger partial charge in [0.05, 0.1) is 0 Å². The molecule has 3 nitrogen and oxygen atoms in total. The Bertz CT molecular complexity index is 577. The second-order valence-electron chi connectivity index (χ2n) is 8.29. The van der Waals surface area contributed by atoms with Crippen molar-refractivity contribution < 1.29 is 4.79 Å². The first-order valence-corrected chi connectivity index (χ1v) is 9.68. The van der Waals surface area contributed by atoms with Gasteiger partial charge in [-0.05, 0) is 42.6 Å². The van der Waals surface area contributed by atoms with Crippen LogP contribution in [0.4, 0.5) is 0 Å². The molecule has 3 fully saturated rings. The lowest BCUT2D eigenvalue weighted by Gasteiger charge is -2.41. The molecule has 3 heteroatoms. The number of fused-ring (bicyclic) bond motifs is 1. The fourth-order valence-corrected chi connectivity index (χ4v) is 5.37. The molecule has 1 aliphatic heterocycles. The van der Waals surface area contributed by atoms with E-state index in [2.05, 4.69) is 54.1 Å². The first-order valence-electron chi connectivity index (χ1n) is 9.68. The van der Waals surface area contributed by atoms with Gasteiger partial charge in [0.15, 0.2) is 0 Å². The van der Waals surface area contributed by atoms with Gasteiger partial charge < -0.3 is 4.90 Å². The van der Waals surface area contributed by atoms with Crippen LogP contribution in [0.1, 0.15) is 38.2 Å². The second-order valence-corrected chi connectivity index (χ2v) is 8.29. The average molecular weight is 326 g/mol. The zero-order valence-corrected chi connectivity index (χ0v) is 15.0. The van der Waals surface area contributed by atoms with Crippen LogP contribution in [0, 0.1) is 23.7 Å². The van der Waals surface area contributed by atoms with E-state index in [9.17, 15) is 4.79 Å². The smallest absolute Gasteiger partial charge is 0.226 e. The summed E-state index contributed by atoms with van der Waals surface area (Å²) in [6.45, 7) is 5.54. The van der Waals surface area contributed by atoms with E-state index in [1.165, 1.54) is 24.8 Å². The van der Waals surface area contributed by atoms with Crippen LogP contribution in [0.2, 0.25) is 0 Å². The Balaban J connectivity index is 1.32. The molecule has 4 rings (SSSR count). The van der Waals surface area contributed by atoms with E-state index in [1.807, 2.05) is 0 Å². The standard InChI is InChI=1S/C21H30N2O/c1-15-13-23(14-16-7-4-3-5-8-16)12-11-19(15)22(2)21(24)20-17-9-6-10-18(17)20/h3-5,7-8,15,17-20H,6,9-14H2,1-2H3/t15-,17-,18+,19+,20?/m1/s1. The topological polar surface area (TPSA) is 23.6 Å². The number of carbonyl (C=O) groups excluding carboxylic acids is 1. The Kier molecular flexibility index (Phi) is 4.38. The van der Waals surface area contributed by atoms with Crippen LogP contribution in [0.25, 0.3) is 0 Å². The molecule has 24 heavy (non-hydrogen) atoms. The molecule has 1 saturated heterocycles. The quantitative estimate of drug-likeness (QED) is 0.846. The molecular formula is C21H30N2O. The minimum absolute atomic E-state index is 0.373. The lowest BCUT2D eigenvalue weighted by Crippen LogP contribution is -2.51. The van der Waals surface area contributed by atoms with Crippen LogP contribution in [-0.4, -0.2) is 41.9 Å². The molecule has 0 radical (unpaired) electrons. The lowest BCUT2D eigenvalue weighted by molar-refractivity contribution is -0.136. The molecule has 2 saturated carbocycles. The summed E-state index contributed by atoms with van der Waals surface area (Å²) in [7, 11) is 2.06. The van der Waals surface area contributed by atoms with Gasteiger partial charge in [0, 0.05) is 38.6 Å². The fourth-order valence-electron chi connectivity index (χ4n) is 5.37. The fraction of sp³-hybridized carbons (Fsp3) is 0.667. The van der Waals surface area contributed by atoms with Gasteiger partial charge in [-0.25, -0.2) is 0 Å². The van der Waals surface area contributed by atoms with E-state index >= 15 is 0 Å². The summed E-state index contributed by atoms with van der Waals surface area (Å²) < 4.78 is 0. The number of benzene rings is 1. The molecule has 1 unspecified atom stereocenters. The minimum Gasteiger partial charge on any atom is -0.342 e. The zero-order valence-electron chi connectivity index (χ0n) is 15.0. The molecule has 5 atom stereocenters. The normalized spacial score (nSPS) is 35.5. The Morgan fingerprint density at radius 2 is 1.88 bits per heavy atom. The molecule has 1 aromatic rings. The Morgan fingerprint density at radius 1 is 1.17 bits per heavy atom. The minimum atomic E-state index is 0.373. The number of hydrogen-bond acceptors (Lipinski definition) is 2. The molecule has 0 spiro atoms. The Hall–Kier alpha value is -1.35. The highest BCUT2D eigenvalue weighted by Crippen LogP contribution is 2.58. The van der Waals surface area contributed by atoms with Crippen molar-refractivity contribution in [2.75, 3.05) is 20.1 Å². The summed E-state index contributed by atoms with van der Waals surface area (Å²) >= 11 is 0. The van der Waals surface area contributed by atoms with Gasteiger partial charge in [0.1, 0.15) is 0 Å². The van der Waals surface area contributed by atoms with Crippen molar-refractivity contribution >= 4 is 5.91 Å². The number of hydrogen-bond donors (Lipinski definition) is 0. The van der Waals surface area contributed by atoms with Crippen LogP contribution in [0.3, 0.4) is 0 Å². The largest absolute Gasteiger partial charge is 0.342 e. The SMILES string of the molecule is C[C@@H]1CN(Cc2ccccc2)CC[C@@H]1N(C)C(=O)C1[C@H]2CCC[C@@H]12. The molecule has 2 aliphatic carbocycles. The zero-order chi connectivity index (χ0) is 16.7. The van der Waals surface area contributed by atoms with Crippen LogP contribution < -0.4 is 0 Å². The van der Waals surface area contributed by atoms with Crippen LogP contribution in [0.5, 0.6) is 0 Å². The molecule has 130 valence electrons. The number of likely N-dealkylation sites (tertiary alicyclic amines) is 1. The number of piperidine rings is 1. The van der Waals surface area contributed by atoms with Gasteiger partial charge in [-0.3, -0.25) is 9.69 Å². The monoisotopic (exact) mass is 326 g/mol. The van der Waals surface area contributed by atoms with Crippen molar-refractivity contribution in [3.05, 3.63) is 35.9 Å². The van der Waals surface area contributed by atoms with Crippen molar-refractivity contribution in [3.63, 3.8) is 0 Å². The van der Waals surface area contributed by atoms with Gasteiger partial charge >= 0.3 is 0 Å². The lowest BCUT2D eigenvalue weighted by atomic mass is 9.91. The summed E-state index contributed by atoms with van der Waals surface area (Å²) in [6.07, 6.45) is 5.04. The maximum absolute atomic E-state index is 12.8. The summed E-state index contributed by atoms with van der Waals surface area (Å²) in [5, 5.41) is 0. The van der Waals surface area contributed by atoms with Crippen molar-refractivity contribution in [1.29, 1.82) is 0 Å². The predicted octanol–water partition coefficient (Wildman–Crippen LogP) is 3.40. The van der Waals surface area contributed by atoms with E-state index in [4.69, 9.17) is 0 Å². The molecule has 0 aromatic heterocycles. The molecule has 1 aromatic carbocycles. The highest BCUT2D eigenvalue weighted by atomic mass is 16.2. The van der Waals surface area contributed by atoms with Crippen molar-refractivity contribution in [2.45, 2.75) is 45.2 Å². The van der Waals surface area contributed by atoms with Gasteiger partial charge in [-0.1, -0.05) is 43.7 Å². The Labute approximate surface area is 146 Å². The third kappa shape index (κ3) is 2.99. The van der Waals surface area contributed by atoms with Gasteiger partial charge in [0.2, 0.25) is 5.91 Å². The van der Waals surface area contributed by atoms with E-state index < -0.39 is 0 Å². The van der Waals surface area contributed by atoms with Gasteiger partial charge in [0.25, 0.3) is 0 Å². The van der Waals surface area contributed by atoms with Crippen molar-refractivity contribution in [1.82, 2.24) is 9.80 Å². The van der Waals surface area contributed by atoms with E-state index in [0.717, 1.165) is 37.9 Å². The van der Waals surface area contributed by atoms with E-state index in [1.54, 1.807) is 0 Å². The van der Waals surface area contributed by atoms with E-state index in [-0.39, 0.29) is 0 Å². The third-order valence-corrected chi connectivity index (χ3v) is 6.73. The number of carbonyl (C=O) groups is 1. The first kappa shape index (κ1) is 16.1. The highest BCUT2D eigenvalue weighted by molar-refractivity contribution is 5.82. The summed E-state index contributed by atoms with van der Waals surface area (Å²) in [5.41, 5.74) is 1.39. The second kappa shape index (κ2) is 6.51. The van der Waals surface area contributed by atoms with E-state index in [0.29, 0.717) is 23.8 Å². The number of nitrogens with zero attached hydrogens (tertiary/aromatic N) is 2. The molecule has 3 aliphatic rings. The van der Waals surface area contributed by atoms with Crippen LogP contribution >= 0.6 is 0 Å². The molecule has 1 heterocycles. The predicted molar refractivity (Wildman–Crippen MR) is 96.4 cm³/mol. The summed E-state index contributed by atoms with van der Waals surface area (Å²) in [6, 6.07) is 11.1. The van der Waals surface area contributed by atoms with Crippen molar-refractivity contribution in [2.24, 2.45) is 23.7 Å². The maximum Gasteiger partial charge on any atom is 0.226 e. The summed E-state index contributed by atoms with van der Waals surface area (Å²) in [5.74, 6) is 2.83. The number of rotatable bonds is 4. The maximum atomic E-state index is 12.8. The third-order valence-electron chi connectivity index (χ3n) is 6.73. The number of amides is 1. The molecule has 0 N–H and O–H groups in total.